The number of nitrogens with zero attached hydrogens (tertiary/aromatic N) is 5. The molecule has 2 amide bonds. The van der Waals surface area contributed by atoms with Crippen molar-refractivity contribution >= 4 is 73.6 Å². The molecule has 2 fully saturated rings. The van der Waals surface area contributed by atoms with Gasteiger partial charge in [-0.15, -0.1) is 22.7 Å². The second-order valence-corrected chi connectivity index (χ2v) is 14.2. The summed E-state index contributed by atoms with van der Waals surface area (Å²) in [6.07, 6.45) is 0. The number of carbonyl (C=O) groups is 2. The SMILES string of the molecule is C.N#Cc1c(Cl)c2ccccc2[nH]c1=O.N#Cc1c(N2CCN(C(=O)c3cccs3)CC2)c2ccccc2[nH]c1=O.O=C(c1cccs1)N1CCNCC1. The number of para-hydroxylation sites is 2. The molecule has 276 valence electrons. The van der Waals surface area contributed by atoms with E-state index in [9.17, 15) is 24.4 Å². The quantitative estimate of drug-likeness (QED) is 0.199. The Balaban J connectivity index is 0.000000169. The molecule has 0 radical (unpaired) electrons. The van der Waals surface area contributed by atoms with Crippen molar-refractivity contribution in [2.75, 3.05) is 57.3 Å². The Morgan fingerprint density at radius 3 is 1.65 bits per heavy atom. The van der Waals surface area contributed by atoms with E-state index in [1.165, 1.54) is 22.7 Å². The number of piperazine rings is 2. The molecule has 4 aromatic heterocycles. The first-order valence-corrected chi connectivity index (χ1v) is 18.8. The first kappa shape index (κ1) is 39.4. The number of benzene rings is 2. The smallest absolute Gasteiger partial charge is 0.268 e. The summed E-state index contributed by atoms with van der Waals surface area (Å²) >= 11 is 8.86. The number of nitrogens with one attached hydrogen (secondary N) is 3. The van der Waals surface area contributed by atoms with Crippen LogP contribution in [-0.2, 0) is 0 Å². The number of thiophene rings is 2. The Labute approximate surface area is 324 Å². The van der Waals surface area contributed by atoms with Gasteiger partial charge < -0.3 is 30.0 Å². The number of H-pyrrole nitrogens is 2. The average molecular weight is 781 g/mol. The predicted octanol–water partition coefficient (Wildman–Crippen LogP) is 5.91. The maximum absolute atomic E-state index is 12.5. The molecule has 2 aliphatic heterocycles. The molecule has 54 heavy (non-hydrogen) atoms. The molecule has 0 aliphatic carbocycles. The molecule has 0 atom stereocenters. The number of nitriles is 2. The van der Waals surface area contributed by atoms with Crippen LogP contribution in [0, 0.1) is 22.7 Å². The van der Waals surface area contributed by atoms with Crippen LogP contribution >= 0.6 is 34.3 Å². The van der Waals surface area contributed by atoms with Crippen molar-refractivity contribution in [3.63, 3.8) is 0 Å². The van der Waals surface area contributed by atoms with E-state index < -0.39 is 5.56 Å². The standard InChI is InChI=1S/C19H16N4O2S.C10H5ClN2O.C9H12N2OS.CH4/c20-12-14-17(13-4-1-2-5-15(13)21-18(14)24)22-7-9-23(10-8-22)19(25)16-6-3-11-26-16;11-9-6-3-1-2-4-8(6)13-10(14)7(9)5-12;12-9(8-2-1-7-13-8)11-5-3-10-4-6-11;/h1-6,11H,7-10H2,(H,21,24);1-4H,(H,13,14);1-2,7,10H,3-6H2;1H4. The van der Waals surface area contributed by atoms with E-state index in [1.54, 1.807) is 30.3 Å². The molecule has 15 heteroatoms. The monoisotopic (exact) mass is 780 g/mol. The van der Waals surface area contributed by atoms with Crippen LogP contribution in [0.5, 0.6) is 0 Å². The van der Waals surface area contributed by atoms with Crippen LogP contribution in [0.4, 0.5) is 5.69 Å². The number of hydrogen-bond donors (Lipinski definition) is 3. The number of aromatic nitrogens is 2. The maximum Gasteiger partial charge on any atom is 0.268 e. The van der Waals surface area contributed by atoms with E-state index in [2.05, 4.69) is 15.3 Å². The molecule has 2 saturated heterocycles. The number of pyridine rings is 2. The molecule has 2 aliphatic rings. The lowest BCUT2D eigenvalue weighted by Crippen LogP contribution is -2.49. The van der Waals surface area contributed by atoms with Gasteiger partial charge in [0.05, 0.1) is 26.0 Å². The lowest BCUT2D eigenvalue weighted by atomic mass is 10.1. The van der Waals surface area contributed by atoms with Gasteiger partial charge in [-0.05, 0) is 35.0 Å². The number of halogens is 1. The second-order valence-electron chi connectivity index (χ2n) is 11.9. The van der Waals surface area contributed by atoms with Crippen LogP contribution < -0.4 is 21.3 Å². The summed E-state index contributed by atoms with van der Waals surface area (Å²) in [7, 11) is 0. The summed E-state index contributed by atoms with van der Waals surface area (Å²) in [5, 5.41) is 27.0. The van der Waals surface area contributed by atoms with Crippen LogP contribution in [0.1, 0.15) is 37.9 Å². The van der Waals surface area contributed by atoms with Gasteiger partial charge in [0.1, 0.15) is 23.3 Å². The molecule has 6 aromatic rings. The summed E-state index contributed by atoms with van der Waals surface area (Å²) in [6, 6.07) is 25.9. The molecular formula is C39H37ClN8O4S2. The molecule has 0 bridgehead atoms. The molecule has 6 heterocycles. The maximum atomic E-state index is 12.5. The van der Waals surface area contributed by atoms with Crippen molar-refractivity contribution in [2.45, 2.75) is 7.43 Å². The van der Waals surface area contributed by atoms with Crippen molar-refractivity contribution < 1.29 is 9.59 Å². The number of rotatable bonds is 3. The van der Waals surface area contributed by atoms with Gasteiger partial charge in [0.25, 0.3) is 22.9 Å². The lowest BCUT2D eigenvalue weighted by molar-refractivity contribution is 0.0737. The number of hydrogen-bond acceptors (Lipinski definition) is 10. The van der Waals surface area contributed by atoms with E-state index in [4.69, 9.17) is 16.9 Å². The number of aromatic amines is 2. The van der Waals surface area contributed by atoms with Crippen molar-refractivity contribution in [1.29, 1.82) is 10.5 Å². The zero-order chi connectivity index (χ0) is 37.3. The zero-order valence-electron chi connectivity index (χ0n) is 28.3. The van der Waals surface area contributed by atoms with Crippen molar-refractivity contribution in [3.05, 3.63) is 130 Å². The second kappa shape index (κ2) is 18.3. The van der Waals surface area contributed by atoms with Crippen molar-refractivity contribution in [3.8, 4) is 12.1 Å². The fourth-order valence-corrected chi connectivity index (χ4v) is 7.75. The van der Waals surface area contributed by atoms with Gasteiger partial charge >= 0.3 is 0 Å². The van der Waals surface area contributed by atoms with E-state index in [-0.39, 0.29) is 40.9 Å². The fraction of sp³-hybridized carbons (Fsp3) is 0.231. The summed E-state index contributed by atoms with van der Waals surface area (Å²) in [4.78, 5) is 60.6. The van der Waals surface area contributed by atoms with E-state index in [1.807, 2.05) is 80.1 Å². The average Bonchev–Trinajstić information content (AvgIpc) is 3.94. The molecule has 0 spiro atoms. The van der Waals surface area contributed by atoms with Gasteiger partial charge in [0.15, 0.2) is 0 Å². The summed E-state index contributed by atoms with van der Waals surface area (Å²) < 4.78 is 0. The molecule has 2 aromatic carbocycles. The molecule has 8 rings (SSSR count). The zero-order valence-corrected chi connectivity index (χ0v) is 30.7. The van der Waals surface area contributed by atoms with E-state index in [0.29, 0.717) is 48.3 Å². The summed E-state index contributed by atoms with van der Waals surface area (Å²) in [5.74, 6) is 0.215. The molecule has 12 nitrogen and oxygen atoms in total. The Kier molecular flexibility index (Phi) is 13.4. The highest BCUT2D eigenvalue weighted by Gasteiger charge is 2.26. The molecule has 0 saturated carbocycles. The van der Waals surface area contributed by atoms with Crippen LogP contribution in [0.15, 0.2) is 93.1 Å². The van der Waals surface area contributed by atoms with Crippen LogP contribution in [0.3, 0.4) is 0 Å². The van der Waals surface area contributed by atoms with E-state index >= 15 is 0 Å². The Hall–Kier alpha value is -5.77. The molecular weight excluding hydrogens is 744 g/mol. The Morgan fingerprint density at radius 1 is 0.648 bits per heavy atom. The van der Waals surface area contributed by atoms with Crippen molar-refractivity contribution in [2.24, 2.45) is 0 Å². The van der Waals surface area contributed by atoms with Gasteiger partial charge in [-0.1, -0.05) is 67.6 Å². The third-order valence-corrected chi connectivity index (χ3v) is 10.8. The minimum absolute atomic E-state index is 0. The van der Waals surface area contributed by atoms with Crippen LogP contribution in [0.25, 0.3) is 21.8 Å². The minimum Gasteiger partial charge on any atom is -0.366 e. The number of carbonyl (C=O) groups excluding carboxylic acids is 2. The third kappa shape index (κ3) is 8.71. The van der Waals surface area contributed by atoms with Crippen molar-refractivity contribution in [1.82, 2.24) is 25.1 Å². The minimum atomic E-state index is -0.448. The van der Waals surface area contributed by atoms with Crippen LogP contribution in [-0.4, -0.2) is 83.9 Å². The van der Waals surface area contributed by atoms with Gasteiger partial charge in [0.2, 0.25) is 0 Å². The third-order valence-electron chi connectivity index (χ3n) is 8.73. The van der Waals surface area contributed by atoms with Gasteiger partial charge in [-0.2, -0.15) is 10.5 Å². The number of anilines is 1. The highest BCUT2D eigenvalue weighted by atomic mass is 35.5. The first-order chi connectivity index (χ1) is 25.8. The molecule has 0 unspecified atom stereocenters. The van der Waals surface area contributed by atoms with Gasteiger partial charge in [0, 0.05) is 68.6 Å². The molecule has 3 N–H and O–H groups in total. The topological polar surface area (TPSA) is 169 Å². The number of fused-ring (bicyclic) bond motifs is 2. The highest BCUT2D eigenvalue weighted by Crippen LogP contribution is 2.29. The van der Waals surface area contributed by atoms with Gasteiger partial charge in [-0.25, -0.2) is 0 Å². The highest BCUT2D eigenvalue weighted by molar-refractivity contribution is 7.12. The Bertz CT molecular complexity index is 2440. The predicted molar refractivity (Wildman–Crippen MR) is 216 cm³/mol. The fourth-order valence-electron chi connectivity index (χ4n) is 6.07. The first-order valence-electron chi connectivity index (χ1n) is 16.7. The largest absolute Gasteiger partial charge is 0.366 e. The summed E-state index contributed by atoms with van der Waals surface area (Å²) in [6.45, 7) is 5.77. The summed E-state index contributed by atoms with van der Waals surface area (Å²) in [5.41, 5.74) is 1.28. The van der Waals surface area contributed by atoms with Gasteiger partial charge in [-0.3, -0.25) is 19.2 Å². The number of amides is 2. The Morgan fingerprint density at radius 2 is 1.13 bits per heavy atom. The van der Waals surface area contributed by atoms with E-state index in [0.717, 1.165) is 41.3 Å². The lowest BCUT2D eigenvalue weighted by Gasteiger charge is -2.36. The normalized spacial score (nSPS) is 13.7. The van der Waals surface area contributed by atoms with Crippen LogP contribution in [0.2, 0.25) is 5.02 Å².